The molecule has 0 aliphatic rings. The van der Waals surface area contributed by atoms with Gasteiger partial charge in [-0.05, 0) is 31.0 Å². The van der Waals surface area contributed by atoms with Crippen LogP contribution >= 0.6 is 23.2 Å². The van der Waals surface area contributed by atoms with E-state index in [1.165, 1.54) is 18.2 Å². The highest BCUT2D eigenvalue weighted by atomic mass is 35.5. The van der Waals surface area contributed by atoms with Crippen molar-refractivity contribution in [3.63, 3.8) is 0 Å². The van der Waals surface area contributed by atoms with Gasteiger partial charge in [-0.3, -0.25) is 4.79 Å². The number of hydrogen-bond acceptors (Lipinski definition) is 3. The third-order valence-corrected chi connectivity index (χ3v) is 4.63. The Morgan fingerprint density at radius 2 is 1.62 bits per heavy atom. The number of carbonyl (C=O) groups is 1. The van der Waals surface area contributed by atoms with Gasteiger partial charge in [0.15, 0.2) is 0 Å². The zero-order valence-electron chi connectivity index (χ0n) is 11.3. The van der Waals surface area contributed by atoms with Gasteiger partial charge in [0.05, 0.1) is 4.90 Å². The zero-order valence-corrected chi connectivity index (χ0v) is 13.6. The molecule has 0 aliphatic heterocycles. The van der Waals surface area contributed by atoms with Crippen molar-refractivity contribution in [3.05, 3.63) is 28.2 Å². The van der Waals surface area contributed by atoms with Gasteiger partial charge in [-0.15, -0.1) is 0 Å². The molecule has 5 nitrogen and oxygen atoms in total. The van der Waals surface area contributed by atoms with Crippen molar-refractivity contribution in [3.8, 4) is 0 Å². The average molecular weight is 354 g/mol. The van der Waals surface area contributed by atoms with E-state index < -0.39 is 16.0 Å². The molecule has 1 aromatic carbocycles. The third kappa shape index (κ3) is 7.13. The first-order chi connectivity index (χ1) is 9.81. The molecule has 1 rings (SSSR count). The van der Waals surface area contributed by atoms with Crippen LogP contribution in [0.1, 0.15) is 32.1 Å². The maximum atomic E-state index is 12.0. The van der Waals surface area contributed by atoms with Crippen LogP contribution in [0.15, 0.2) is 23.1 Å². The summed E-state index contributed by atoms with van der Waals surface area (Å²) >= 11 is 11.6. The summed E-state index contributed by atoms with van der Waals surface area (Å²) in [4.78, 5) is 10.4. The quantitative estimate of drug-likeness (QED) is 0.667. The minimum Gasteiger partial charge on any atom is -0.481 e. The summed E-state index contributed by atoms with van der Waals surface area (Å²) in [6, 6.07) is 4.13. The number of carboxylic acid groups (broad SMARTS) is 1. The summed E-state index contributed by atoms with van der Waals surface area (Å²) in [5, 5.41) is 9.00. The predicted molar refractivity (Wildman–Crippen MR) is 82.4 cm³/mol. The van der Waals surface area contributed by atoms with E-state index in [0.717, 1.165) is 12.8 Å². The first-order valence-electron chi connectivity index (χ1n) is 6.49. The van der Waals surface area contributed by atoms with Crippen LogP contribution in [0.2, 0.25) is 10.0 Å². The van der Waals surface area contributed by atoms with Gasteiger partial charge in [0.2, 0.25) is 10.0 Å². The minimum atomic E-state index is -3.62. The van der Waals surface area contributed by atoms with Gasteiger partial charge >= 0.3 is 5.97 Å². The van der Waals surface area contributed by atoms with Crippen molar-refractivity contribution >= 4 is 39.2 Å². The molecule has 0 bridgehead atoms. The lowest BCUT2D eigenvalue weighted by Gasteiger charge is -2.07. The topological polar surface area (TPSA) is 83.5 Å². The second-order valence-electron chi connectivity index (χ2n) is 4.56. The maximum Gasteiger partial charge on any atom is 0.303 e. The molecule has 0 atom stereocenters. The monoisotopic (exact) mass is 353 g/mol. The Hall–Kier alpha value is -0.820. The fourth-order valence-electron chi connectivity index (χ4n) is 1.73. The van der Waals surface area contributed by atoms with Gasteiger partial charge in [0, 0.05) is 23.0 Å². The molecular weight excluding hydrogens is 337 g/mol. The molecule has 8 heteroatoms. The van der Waals surface area contributed by atoms with Crippen LogP contribution in [0, 0.1) is 0 Å². The summed E-state index contributed by atoms with van der Waals surface area (Å²) in [5.41, 5.74) is 0. The molecule has 0 aromatic heterocycles. The van der Waals surface area contributed by atoms with E-state index in [1.54, 1.807) is 0 Å². The Labute approximate surface area is 134 Å². The highest BCUT2D eigenvalue weighted by Crippen LogP contribution is 2.22. The molecular formula is C13H17Cl2NO4S. The smallest absolute Gasteiger partial charge is 0.303 e. The van der Waals surface area contributed by atoms with Crippen molar-refractivity contribution in [2.45, 2.75) is 37.0 Å². The van der Waals surface area contributed by atoms with Crippen molar-refractivity contribution in [1.29, 1.82) is 0 Å². The second-order valence-corrected chi connectivity index (χ2v) is 7.20. The number of rotatable bonds is 9. The van der Waals surface area contributed by atoms with Crippen LogP contribution in [0.4, 0.5) is 0 Å². The number of sulfonamides is 1. The van der Waals surface area contributed by atoms with Crippen molar-refractivity contribution < 1.29 is 18.3 Å². The molecule has 0 unspecified atom stereocenters. The Kier molecular flexibility index (Phi) is 7.45. The van der Waals surface area contributed by atoms with Crippen LogP contribution in [-0.2, 0) is 14.8 Å². The standard InChI is InChI=1S/C13H17Cl2NO4S/c14-10-7-11(15)9-12(8-10)21(19,20)16-6-4-2-1-3-5-13(17)18/h7-9,16H,1-6H2,(H,17,18). The summed E-state index contributed by atoms with van der Waals surface area (Å²) in [5.74, 6) is -0.812. The fourth-order valence-corrected chi connectivity index (χ4v) is 3.53. The van der Waals surface area contributed by atoms with Crippen LogP contribution < -0.4 is 4.72 Å². The zero-order chi connectivity index (χ0) is 15.9. The largest absolute Gasteiger partial charge is 0.481 e. The van der Waals surface area contributed by atoms with Gasteiger partial charge in [-0.2, -0.15) is 0 Å². The number of hydrogen-bond donors (Lipinski definition) is 2. The Balaban J connectivity index is 2.38. The number of aliphatic carboxylic acids is 1. The van der Waals surface area contributed by atoms with E-state index in [-0.39, 0.29) is 21.4 Å². The molecule has 0 amide bonds. The van der Waals surface area contributed by atoms with E-state index in [0.29, 0.717) is 19.4 Å². The van der Waals surface area contributed by atoms with E-state index in [1.807, 2.05) is 0 Å². The summed E-state index contributed by atoms with van der Waals surface area (Å²) in [6.45, 7) is 0.291. The van der Waals surface area contributed by atoms with Crippen molar-refractivity contribution in [2.24, 2.45) is 0 Å². The fraction of sp³-hybridized carbons (Fsp3) is 0.462. The Bertz CT molecular complexity index is 570. The molecule has 0 spiro atoms. The number of carboxylic acids is 1. The Morgan fingerprint density at radius 1 is 1.05 bits per heavy atom. The highest BCUT2D eigenvalue weighted by Gasteiger charge is 2.14. The van der Waals surface area contributed by atoms with Gasteiger partial charge in [-0.1, -0.05) is 36.0 Å². The van der Waals surface area contributed by atoms with Crippen LogP contribution in [0.5, 0.6) is 0 Å². The lowest BCUT2D eigenvalue weighted by atomic mass is 10.1. The van der Waals surface area contributed by atoms with Gasteiger partial charge < -0.3 is 5.11 Å². The van der Waals surface area contributed by atoms with E-state index in [4.69, 9.17) is 28.3 Å². The number of halogens is 2. The highest BCUT2D eigenvalue weighted by molar-refractivity contribution is 7.89. The van der Waals surface area contributed by atoms with Crippen LogP contribution in [-0.4, -0.2) is 26.0 Å². The van der Waals surface area contributed by atoms with Crippen molar-refractivity contribution in [1.82, 2.24) is 4.72 Å². The molecule has 0 heterocycles. The van der Waals surface area contributed by atoms with Gasteiger partial charge in [-0.25, -0.2) is 13.1 Å². The molecule has 1 aromatic rings. The minimum absolute atomic E-state index is 0.0332. The molecule has 0 saturated carbocycles. The Morgan fingerprint density at radius 3 is 2.19 bits per heavy atom. The molecule has 118 valence electrons. The van der Waals surface area contributed by atoms with Crippen LogP contribution in [0.3, 0.4) is 0 Å². The van der Waals surface area contributed by atoms with E-state index >= 15 is 0 Å². The molecule has 0 aliphatic carbocycles. The predicted octanol–water partition coefficient (Wildman–Crippen LogP) is 3.31. The summed E-state index contributed by atoms with van der Waals surface area (Å²) < 4.78 is 26.5. The van der Waals surface area contributed by atoms with Crippen molar-refractivity contribution in [2.75, 3.05) is 6.54 Å². The number of unbranched alkanes of at least 4 members (excludes halogenated alkanes) is 3. The lowest BCUT2D eigenvalue weighted by Crippen LogP contribution is -2.24. The average Bonchev–Trinajstić information content (AvgIpc) is 2.36. The molecule has 21 heavy (non-hydrogen) atoms. The first-order valence-corrected chi connectivity index (χ1v) is 8.73. The first kappa shape index (κ1) is 18.2. The van der Waals surface area contributed by atoms with Crippen LogP contribution in [0.25, 0.3) is 0 Å². The molecule has 0 radical (unpaired) electrons. The molecule has 2 N–H and O–H groups in total. The molecule has 0 fully saturated rings. The maximum absolute atomic E-state index is 12.0. The van der Waals surface area contributed by atoms with E-state index in [9.17, 15) is 13.2 Å². The second kappa shape index (κ2) is 8.58. The van der Waals surface area contributed by atoms with Gasteiger partial charge in [0.1, 0.15) is 0 Å². The lowest BCUT2D eigenvalue weighted by molar-refractivity contribution is -0.137. The van der Waals surface area contributed by atoms with Gasteiger partial charge in [0.25, 0.3) is 0 Å². The summed E-state index contributed by atoms with van der Waals surface area (Å²) in [7, 11) is -3.62. The molecule has 0 saturated heterocycles. The summed E-state index contributed by atoms with van der Waals surface area (Å²) in [6.07, 6.45) is 2.93. The normalized spacial score (nSPS) is 11.5. The SMILES string of the molecule is O=C(O)CCCCCCNS(=O)(=O)c1cc(Cl)cc(Cl)c1. The third-order valence-electron chi connectivity index (χ3n) is 2.76. The number of benzene rings is 1. The number of nitrogens with one attached hydrogen (secondary N) is 1. The van der Waals surface area contributed by atoms with E-state index in [2.05, 4.69) is 4.72 Å².